The standard InChI is InChI=1S/C27H21F6N5O2.2ClH/c28-26(29,30)18-9-16(10-19(12-18)27(31,32)33)24(39)38-8-7-37(25(40)23-14-34-5-6-35-23)15-20(38)11-17-13-36-22-4-2-1-3-21(17)22;;/h1-6,9-10,12-14,20,36H,7-8,11,15H2;2*1H. The quantitative estimate of drug-likeness (QED) is 0.278. The lowest BCUT2D eigenvalue weighted by molar-refractivity contribution is -0.143. The lowest BCUT2D eigenvalue weighted by Gasteiger charge is -2.41. The zero-order valence-corrected chi connectivity index (χ0v) is 23.1. The molecule has 3 heterocycles. The molecule has 1 aliphatic heterocycles. The highest BCUT2D eigenvalue weighted by Gasteiger charge is 2.39. The average Bonchev–Trinajstić information content (AvgIpc) is 3.34. The minimum Gasteiger partial charge on any atom is -0.361 e. The van der Waals surface area contributed by atoms with Crippen molar-refractivity contribution in [1.82, 2.24) is 24.8 Å². The molecule has 2 amide bonds. The highest BCUT2D eigenvalue weighted by molar-refractivity contribution is 5.96. The molecule has 2 aromatic carbocycles. The van der Waals surface area contributed by atoms with Crippen LogP contribution in [-0.2, 0) is 18.8 Å². The van der Waals surface area contributed by atoms with Crippen LogP contribution in [0.25, 0.3) is 10.9 Å². The van der Waals surface area contributed by atoms with Crippen molar-refractivity contribution in [2.45, 2.75) is 24.8 Å². The van der Waals surface area contributed by atoms with Gasteiger partial charge in [0.1, 0.15) is 5.69 Å². The fourth-order valence-electron chi connectivity index (χ4n) is 4.85. The third kappa shape index (κ3) is 6.79. The number of halogens is 8. The lowest BCUT2D eigenvalue weighted by Crippen LogP contribution is -2.57. The summed E-state index contributed by atoms with van der Waals surface area (Å²) in [4.78, 5) is 40.3. The van der Waals surface area contributed by atoms with Crippen molar-refractivity contribution < 1.29 is 35.9 Å². The number of alkyl halides is 6. The molecule has 0 bridgehead atoms. The fourth-order valence-corrected chi connectivity index (χ4v) is 4.85. The third-order valence-corrected chi connectivity index (χ3v) is 6.78. The molecule has 1 N–H and O–H groups in total. The Morgan fingerprint density at radius 3 is 2.19 bits per heavy atom. The van der Waals surface area contributed by atoms with Gasteiger partial charge in [0, 0.05) is 54.7 Å². The Morgan fingerprint density at radius 1 is 0.905 bits per heavy atom. The van der Waals surface area contributed by atoms with Crippen LogP contribution in [0.15, 0.2) is 67.3 Å². The van der Waals surface area contributed by atoms with Crippen LogP contribution in [0.4, 0.5) is 26.3 Å². The summed E-state index contributed by atoms with van der Waals surface area (Å²) in [6, 6.07) is 7.41. The van der Waals surface area contributed by atoms with Gasteiger partial charge in [0.05, 0.1) is 23.4 Å². The van der Waals surface area contributed by atoms with Gasteiger partial charge in [-0.15, -0.1) is 24.8 Å². The van der Waals surface area contributed by atoms with Crippen LogP contribution >= 0.6 is 24.8 Å². The average molecular weight is 634 g/mol. The monoisotopic (exact) mass is 633 g/mol. The number of hydrogen-bond donors (Lipinski definition) is 1. The summed E-state index contributed by atoms with van der Waals surface area (Å²) >= 11 is 0. The molecule has 1 atom stereocenters. The first-order chi connectivity index (χ1) is 18.9. The van der Waals surface area contributed by atoms with Crippen molar-refractivity contribution in [2.75, 3.05) is 19.6 Å². The molecule has 7 nitrogen and oxygen atoms in total. The van der Waals surface area contributed by atoms with E-state index in [0.29, 0.717) is 12.1 Å². The molecule has 0 saturated carbocycles. The largest absolute Gasteiger partial charge is 0.416 e. The minimum atomic E-state index is -5.10. The number of rotatable bonds is 4. The van der Waals surface area contributed by atoms with Crippen molar-refractivity contribution >= 4 is 47.5 Å². The summed E-state index contributed by atoms with van der Waals surface area (Å²) in [7, 11) is 0. The smallest absolute Gasteiger partial charge is 0.361 e. The van der Waals surface area contributed by atoms with Crippen molar-refractivity contribution in [3.05, 3.63) is 95.2 Å². The number of aromatic nitrogens is 3. The van der Waals surface area contributed by atoms with E-state index in [-0.39, 0.29) is 62.6 Å². The second-order valence-electron chi connectivity index (χ2n) is 9.35. The number of para-hydroxylation sites is 1. The Labute approximate surface area is 247 Å². The number of amides is 2. The van der Waals surface area contributed by atoms with E-state index in [4.69, 9.17) is 0 Å². The topological polar surface area (TPSA) is 82.2 Å². The second kappa shape index (κ2) is 12.6. The molecule has 1 aliphatic rings. The van der Waals surface area contributed by atoms with E-state index in [1.54, 1.807) is 6.20 Å². The van der Waals surface area contributed by atoms with Gasteiger partial charge in [-0.1, -0.05) is 18.2 Å². The van der Waals surface area contributed by atoms with Gasteiger partial charge in [-0.05, 0) is 36.2 Å². The van der Waals surface area contributed by atoms with E-state index in [9.17, 15) is 35.9 Å². The number of carbonyl (C=O) groups excluding carboxylic acids is 2. The van der Waals surface area contributed by atoms with E-state index in [1.165, 1.54) is 28.4 Å². The summed E-state index contributed by atoms with van der Waals surface area (Å²) in [5, 5.41) is 0.839. The van der Waals surface area contributed by atoms with Gasteiger partial charge >= 0.3 is 12.4 Å². The maximum absolute atomic E-state index is 13.6. The Hall–Kier alpha value is -3.84. The van der Waals surface area contributed by atoms with Crippen molar-refractivity contribution in [2.24, 2.45) is 0 Å². The predicted molar refractivity (Wildman–Crippen MR) is 146 cm³/mol. The van der Waals surface area contributed by atoms with Crippen molar-refractivity contribution in [3.63, 3.8) is 0 Å². The molecule has 0 radical (unpaired) electrons. The number of carbonyl (C=O) groups is 2. The molecule has 2 aromatic heterocycles. The number of benzene rings is 2. The summed E-state index contributed by atoms with van der Waals surface area (Å²) in [6.07, 6.45) is -4.24. The summed E-state index contributed by atoms with van der Waals surface area (Å²) in [6.45, 7) is -0.141. The molecule has 0 aliphatic carbocycles. The molecule has 0 spiro atoms. The van der Waals surface area contributed by atoms with Crippen LogP contribution in [0.5, 0.6) is 0 Å². The Bertz CT molecular complexity index is 1530. The molecular formula is C27H23Cl2F6N5O2. The Balaban J connectivity index is 0.00000242. The lowest BCUT2D eigenvalue weighted by atomic mass is 9.98. The number of nitrogens with one attached hydrogen (secondary N) is 1. The Kier molecular flexibility index (Phi) is 9.78. The first-order valence-corrected chi connectivity index (χ1v) is 12.1. The van der Waals surface area contributed by atoms with Gasteiger partial charge in [0.25, 0.3) is 11.8 Å². The summed E-state index contributed by atoms with van der Waals surface area (Å²) in [5.41, 5.74) is -2.23. The second-order valence-corrected chi connectivity index (χ2v) is 9.35. The predicted octanol–water partition coefficient (Wildman–Crippen LogP) is 6.05. The first-order valence-electron chi connectivity index (χ1n) is 12.1. The summed E-state index contributed by atoms with van der Waals surface area (Å²) < 4.78 is 80.8. The van der Waals surface area contributed by atoms with Crippen LogP contribution in [0, 0.1) is 0 Å². The Morgan fingerprint density at radius 2 is 1.57 bits per heavy atom. The number of nitrogens with zero attached hydrogens (tertiary/aromatic N) is 4. The van der Waals surface area contributed by atoms with Crippen LogP contribution in [0.3, 0.4) is 0 Å². The van der Waals surface area contributed by atoms with Gasteiger partial charge in [0.2, 0.25) is 0 Å². The minimum absolute atomic E-state index is 0. The van der Waals surface area contributed by atoms with Gasteiger partial charge in [-0.3, -0.25) is 14.6 Å². The molecule has 4 aromatic rings. The molecule has 1 fully saturated rings. The fraction of sp³-hybridized carbons (Fsp3) is 0.259. The normalized spacial score (nSPS) is 15.6. The number of H-pyrrole nitrogens is 1. The summed E-state index contributed by atoms with van der Waals surface area (Å²) in [5.74, 6) is -1.45. The zero-order valence-electron chi connectivity index (χ0n) is 21.4. The van der Waals surface area contributed by atoms with Crippen LogP contribution in [0.2, 0.25) is 0 Å². The number of piperazine rings is 1. The van der Waals surface area contributed by atoms with Gasteiger partial charge in [-0.2, -0.15) is 26.3 Å². The molecule has 5 rings (SSSR count). The first kappa shape index (κ1) is 32.7. The molecular weight excluding hydrogens is 611 g/mol. The van der Waals surface area contributed by atoms with Crippen LogP contribution < -0.4 is 0 Å². The molecule has 224 valence electrons. The number of fused-ring (bicyclic) bond motifs is 1. The number of aromatic amines is 1. The van der Waals surface area contributed by atoms with E-state index in [2.05, 4.69) is 15.0 Å². The van der Waals surface area contributed by atoms with E-state index < -0.39 is 46.9 Å². The molecule has 42 heavy (non-hydrogen) atoms. The maximum atomic E-state index is 13.6. The van der Waals surface area contributed by atoms with Crippen LogP contribution in [0.1, 0.15) is 37.5 Å². The van der Waals surface area contributed by atoms with Gasteiger partial charge in [-0.25, -0.2) is 4.98 Å². The SMILES string of the molecule is Cl.Cl.O=C(c1cnccn1)N1CCN(C(=O)c2cc(C(F)(F)F)cc(C(F)(F)F)c2)C(Cc2c[nH]c3ccccc23)C1. The maximum Gasteiger partial charge on any atom is 0.416 e. The highest BCUT2D eigenvalue weighted by atomic mass is 35.5. The van der Waals surface area contributed by atoms with Gasteiger partial charge < -0.3 is 14.8 Å². The molecule has 1 saturated heterocycles. The van der Waals surface area contributed by atoms with E-state index in [0.717, 1.165) is 16.5 Å². The molecule has 1 unspecified atom stereocenters. The van der Waals surface area contributed by atoms with Crippen LogP contribution in [-0.4, -0.2) is 62.2 Å². The van der Waals surface area contributed by atoms with Crippen molar-refractivity contribution in [3.8, 4) is 0 Å². The molecule has 15 heteroatoms. The zero-order chi connectivity index (χ0) is 28.7. The van der Waals surface area contributed by atoms with E-state index in [1.807, 2.05) is 24.3 Å². The third-order valence-electron chi connectivity index (χ3n) is 6.78. The van der Waals surface area contributed by atoms with E-state index >= 15 is 0 Å². The highest BCUT2D eigenvalue weighted by Crippen LogP contribution is 2.37. The van der Waals surface area contributed by atoms with Gasteiger partial charge in [0.15, 0.2) is 0 Å². The van der Waals surface area contributed by atoms with Crippen molar-refractivity contribution in [1.29, 1.82) is 0 Å². The number of hydrogen-bond acceptors (Lipinski definition) is 4.